The van der Waals surface area contributed by atoms with Gasteiger partial charge in [0.05, 0.1) is 0 Å². The van der Waals surface area contributed by atoms with Crippen molar-refractivity contribution in [1.82, 2.24) is 10.6 Å². The van der Waals surface area contributed by atoms with E-state index < -0.39 is 23.0 Å². The Morgan fingerprint density at radius 2 is 2.23 bits per heavy atom. The maximum absolute atomic E-state index is 11.2. The molecule has 2 unspecified atom stereocenters. The fraction of sp³-hybridized carbons (Fsp3) is 0.714. The van der Waals surface area contributed by atoms with E-state index in [1.165, 1.54) is 6.92 Å². The summed E-state index contributed by atoms with van der Waals surface area (Å²) in [6.45, 7) is 3.62. The van der Waals surface area contributed by atoms with E-state index in [0.717, 1.165) is 0 Å². The van der Waals surface area contributed by atoms with Gasteiger partial charge in [0.15, 0.2) is 6.10 Å². The predicted molar refractivity (Wildman–Crippen MR) is 46.3 cm³/mol. The van der Waals surface area contributed by atoms with E-state index in [4.69, 9.17) is 16.3 Å². The number of nitrogens with one attached hydrogen (secondary N) is 2. The highest BCUT2D eigenvalue weighted by atomic mass is 35.5. The molecular weight excluding hydrogens is 196 g/mol. The van der Waals surface area contributed by atoms with Crippen molar-refractivity contribution >= 4 is 23.5 Å². The van der Waals surface area contributed by atoms with Gasteiger partial charge in [0.1, 0.15) is 5.00 Å². The number of rotatable bonds is 2. The fourth-order valence-corrected chi connectivity index (χ4v) is 1.39. The molecule has 1 aliphatic rings. The van der Waals surface area contributed by atoms with Gasteiger partial charge in [0, 0.05) is 6.61 Å². The van der Waals surface area contributed by atoms with E-state index in [9.17, 15) is 9.59 Å². The lowest BCUT2D eigenvalue weighted by atomic mass is 10.1. The number of amides is 3. The Balaban J connectivity index is 2.79. The summed E-state index contributed by atoms with van der Waals surface area (Å²) < 4.78 is 5.10. The zero-order valence-electron chi connectivity index (χ0n) is 7.39. The van der Waals surface area contributed by atoms with Gasteiger partial charge in [0.25, 0.3) is 5.91 Å². The van der Waals surface area contributed by atoms with E-state index in [2.05, 4.69) is 10.6 Å². The number of carbonyl (C=O) groups excluding carboxylic acids is 2. The molecule has 5 nitrogen and oxygen atoms in total. The molecular formula is C7H11ClN2O3. The first kappa shape index (κ1) is 10.3. The number of alkyl halides is 1. The van der Waals surface area contributed by atoms with E-state index in [-0.39, 0.29) is 0 Å². The number of hydrogen-bond donors (Lipinski definition) is 2. The Morgan fingerprint density at radius 1 is 1.62 bits per heavy atom. The summed E-state index contributed by atoms with van der Waals surface area (Å²) in [4.78, 5) is 20.9. The summed E-state index contributed by atoms with van der Waals surface area (Å²) in [5.74, 6) is -0.511. The first-order chi connectivity index (χ1) is 5.97. The van der Waals surface area contributed by atoms with Gasteiger partial charge in [-0.1, -0.05) is 11.6 Å². The number of hydrogen-bond acceptors (Lipinski definition) is 3. The highest BCUT2D eigenvalue weighted by Crippen LogP contribution is 2.21. The molecule has 3 amide bonds. The number of ether oxygens (including phenoxy) is 1. The molecule has 74 valence electrons. The number of urea groups is 1. The first-order valence-electron chi connectivity index (χ1n) is 3.91. The molecule has 0 aromatic heterocycles. The van der Waals surface area contributed by atoms with E-state index in [1.54, 1.807) is 6.92 Å². The van der Waals surface area contributed by atoms with Gasteiger partial charge in [-0.05, 0) is 13.8 Å². The fourth-order valence-electron chi connectivity index (χ4n) is 1.14. The van der Waals surface area contributed by atoms with Gasteiger partial charge in [-0.3, -0.25) is 10.1 Å². The largest absolute Gasteiger partial charge is 0.365 e. The Bertz CT molecular complexity index is 242. The van der Waals surface area contributed by atoms with Crippen LogP contribution in [0.3, 0.4) is 0 Å². The molecule has 0 aromatic rings. The smallest absolute Gasteiger partial charge is 0.322 e. The molecule has 2 atom stereocenters. The van der Waals surface area contributed by atoms with Crippen molar-refractivity contribution in [2.75, 3.05) is 6.61 Å². The van der Waals surface area contributed by atoms with Crippen molar-refractivity contribution in [3.05, 3.63) is 0 Å². The van der Waals surface area contributed by atoms with E-state index in [0.29, 0.717) is 6.61 Å². The summed E-state index contributed by atoms with van der Waals surface area (Å²) >= 11 is 5.89. The molecule has 6 heteroatoms. The molecule has 1 fully saturated rings. The quantitative estimate of drug-likeness (QED) is 0.501. The lowest BCUT2D eigenvalue weighted by molar-refractivity contribution is -0.135. The lowest BCUT2D eigenvalue weighted by Gasteiger charge is -2.35. The highest BCUT2D eigenvalue weighted by molar-refractivity contribution is 6.28. The predicted octanol–water partition coefficient (Wildman–Crippen LogP) is 0.186. The van der Waals surface area contributed by atoms with Crippen LogP contribution in [0.25, 0.3) is 0 Å². The maximum atomic E-state index is 11.2. The monoisotopic (exact) mass is 206 g/mol. The van der Waals surface area contributed by atoms with Crippen LogP contribution in [0.5, 0.6) is 0 Å². The van der Waals surface area contributed by atoms with Crippen molar-refractivity contribution < 1.29 is 14.3 Å². The van der Waals surface area contributed by atoms with Gasteiger partial charge in [-0.15, -0.1) is 0 Å². The van der Waals surface area contributed by atoms with Crippen molar-refractivity contribution in [3.8, 4) is 0 Å². The Kier molecular flexibility index (Phi) is 2.77. The van der Waals surface area contributed by atoms with Crippen molar-refractivity contribution in [2.24, 2.45) is 0 Å². The third kappa shape index (κ3) is 2.10. The molecule has 1 rings (SSSR count). The second-order valence-electron chi connectivity index (χ2n) is 2.85. The van der Waals surface area contributed by atoms with Crippen LogP contribution >= 0.6 is 11.6 Å². The van der Waals surface area contributed by atoms with Gasteiger partial charge < -0.3 is 10.1 Å². The molecule has 1 saturated heterocycles. The second kappa shape index (κ2) is 3.51. The van der Waals surface area contributed by atoms with Crippen LogP contribution < -0.4 is 10.6 Å². The van der Waals surface area contributed by atoms with Crippen molar-refractivity contribution in [2.45, 2.75) is 24.9 Å². The first-order valence-corrected chi connectivity index (χ1v) is 4.28. The van der Waals surface area contributed by atoms with Crippen molar-refractivity contribution in [1.29, 1.82) is 0 Å². The van der Waals surface area contributed by atoms with Crippen LogP contribution in [0.2, 0.25) is 0 Å². The molecule has 0 radical (unpaired) electrons. The molecule has 1 aliphatic heterocycles. The molecule has 0 saturated carbocycles. The average molecular weight is 207 g/mol. The highest BCUT2D eigenvalue weighted by Gasteiger charge is 2.44. The normalized spacial score (nSPS) is 33.9. The van der Waals surface area contributed by atoms with Crippen molar-refractivity contribution in [3.63, 3.8) is 0 Å². The molecule has 0 bridgehead atoms. The summed E-state index contributed by atoms with van der Waals surface area (Å²) in [7, 11) is 0. The van der Waals surface area contributed by atoms with Crippen LogP contribution in [0, 0.1) is 0 Å². The van der Waals surface area contributed by atoms with Crippen LogP contribution in [0.15, 0.2) is 0 Å². The summed E-state index contributed by atoms with van der Waals surface area (Å²) in [6.07, 6.45) is -0.850. The number of imide groups is 1. The Labute approximate surface area is 80.8 Å². The summed E-state index contributed by atoms with van der Waals surface area (Å²) in [6, 6.07) is -0.599. The minimum absolute atomic E-state index is 0.357. The Hall–Kier alpha value is -0.810. The third-order valence-electron chi connectivity index (χ3n) is 1.66. The molecule has 0 aliphatic carbocycles. The molecule has 0 aromatic carbocycles. The third-order valence-corrected chi connectivity index (χ3v) is 1.95. The molecule has 0 spiro atoms. The van der Waals surface area contributed by atoms with Crippen LogP contribution in [0.1, 0.15) is 13.8 Å². The van der Waals surface area contributed by atoms with Crippen LogP contribution in [0.4, 0.5) is 4.79 Å². The Morgan fingerprint density at radius 3 is 2.69 bits per heavy atom. The maximum Gasteiger partial charge on any atom is 0.322 e. The van der Waals surface area contributed by atoms with Gasteiger partial charge >= 0.3 is 6.03 Å². The lowest BCUT2D eigenvalue weighted by Crippen LogP contribution is -2.66. The van der Waals surface area contributed by atoms with E-state index >= 15 is 0 Å². The van der Waals surface area contributed by atoms with E-state index in [1.807, 2.05) is 0 Å². The second-order valence-corrected chi connectivity index (χ2v) is 3.64. The molecule has 2 N–H and O–H groups in total. The standard InChI is InChI=1S/C7H11ClN2O3/c1-3-13-4-5(11)9-6(12)10-7(4,2)8/h4H,3H2,1-2H3,(H2,9,10,11,12). The summed E-state index contributed by atoms with van der Waals surface area (Å²) in [5, 5.41) is 4.46. The number of halogens is 1. The van der Waals surface area contributed by atoms with Gasteiger partial charge in [-0.2, -0.15) is 0 Å². The zero-order chi connectivity index (χ0) is 10.1. The zero-order valence-corrected chi connectivity index (χ0v) is 8.14. The summed E-state index contributed by atoms with van der Waals surface area (Å²) in [5.41, 5.74) is 0. The number of carbonyl (C=O) groups is 2. The average Bonchev–Trinajstić information content (AvgIpc) is 1.95. The molecule has 1 heterocycles. The van der Waals surface area contributed by atoms with Gasteiger partial charge in [0.2, 0.25) is 0 Å². The minimum atomic E-state index is -1.17. The minimum Gasteiger partial charge on any atom is -0.365 e. The topological polar surface area (TPSA) is 67.4 Å². The van der Waals surface area contributed by atoms with Crippen LogP contribution in [-0.4, -0.2) is 29.6 Å². The molecule has 13 heavy (non-hydrogen) atoms. The van der Waals surface area contributed by atoms with Crippen LogP contribution in [-0.2, 0) is 9.53 Å². The van der Waals surface area contributed by atoms with Gasteiger partial charge in [-0.25, -0.2) is 4.79 Å². The SMILES string of the molecule is CCOC1C(=O)NC(=O)NC1(C)Cl.